The molecular formula is C9H6BrClFN3. The summed E-state index contributed by atoms with van der Waals surface area (Å²) in [5.41, 5.74) is 0.768. The van der Waals surface area contributed by atoms with Crippen LogP contribution in [0.1, 0.15) is 5.82 Å². The van der Waals surface area contributed by atoms with E-state index < -0.39 is 0 Å². The highest BCUT2D eigenvalue weighted by Crippen LogP contribution is 2.20. The maximum atomic E-state index is 13.0. The van der Waals surface area contributed by atoms with E-state index in [-0.39, 0.29) is 11.7 Å². The van der Waals surface area contributed by atoms with Gasteiger partial charge in [0.1, 0.15) is 12.1 Å². The molecule has 3 nitrogen and oxygen atoms in total. The van der Waals surface area contributed by atoms with Gasteiger partial charge in [0.2, 0.25) is 0 Å². The Balaban J connectivity index is 2.50. The van der Waals surface area contributed by atoms with E-state index in [1.54, 1.807) is 16.7 Å². The van der Waals surface area contributed by atoms with Crippen LogP contribution in [0.2, 0.25) is 0 Å². The average Bonchev–Trinajstić information content (AvgIpc) is 2.70. The first-order valence-electron chi connectivity index (χ1n) is 4.12. The van der Waals surface area contributed by atoms with Crippen molar-refractivity contribution < 1.29 is 4.39 Å². The summed E-state index contributed by atoms with van der Waals surface area (Å²) in [7, 11) is 0. The molecule has 0 aliphatic rings. The van der Waals surface area contributed by atoms with Gasteiger partial charge in [-0.1, -0.05) is 0 Å². The van der Waals surface area contributed by atoms with Crippen molar-refractivity contribution in [3.05, 3.63) is 40.6 Å². The van der Waals surface area contributed by atoms with Crippen molar-refractivity contribution >= 4 is 27.5 Å². The molecule has 0 unspecified atom stereocenters. The summed E-state index contributed by atoms with van der Waals surface area (Å²) in [5, 5.41) is 7.58. The van der Waals surface area contributed by atoms with Gasteiger partial charge in [-0.05, 0) is 34.1 Å². The van der Waals surface area contributed by atoms with Gasteiger partial charge in [0, 0.05) is 5.69 Å². The van der Waals surface area contributed by atoms with E-state index in [0.29, 0.717) is 10.3 Å². The van der Waals surface area contributed by atoms with E-state index >= 15 is 0 Å². The largest absolute Gasteiger partial charge is 0.285 e. The fourth-order valence-corrected chi connectivity index (χ4v) is 1.75. The molecule has 0 N–H and O–H groups in total. The van der Waals surface area contributed by atoms with Crippen LogP contribution in [0.25, 0.3) is 5.69 Å². The van der Waals surface area contributed by atoms with Crippen molar-refractivity contribution in [2.24, 2.45) is 0 Å². The zero-order valence-electron chi connectivity index (χ0n) is 7.49. The minimum Gasteiger partial charge on any atom is -0.285 e. The van der Waals surface area contributed by atoms with Gasteiger partial charge in [-0.15, -0.1) is 21.8 Å². The van der Waals surface area contributed by atoms with E-state index in [1.165, 1.54) is 12.4 Å². The third-order valence-corrected chi connectivity index (χ3v) is 2.77. The van der Waals surface area contributed by atoms with E-state index in [9.17, 15) is 4.39 Å². The number of alkyl halides is 1. The zero-order valence-corrected chi connectivity index (χ0v) is 9.83. The Kier molecular flexibility index (Phi) is 3.02. The van der Waals surface area contributed by atoms with Crippen LogP contribution in [0, 0.1) is 5.82 Å². The summed E-state index contributed by atoms with van der Waals surface area (Å²) in [6, 6.07) is 4.66. The second-order valence-electron chi connectivity index (χ2n) is 2.85. The van der Waals surface area contributed by atoms with Gasteiger partial charge in [-0.25, -0.2) is 4.39 Å². The summed E-state index contributed by atoms with van der Waals surface area (Å²) in [4.78, 5) is 0. The van der Waals surface area contributed by atoms with Crippen molar-refractivity contribution in [1.29, 1.82) is 0 Å². The lowest BCUT2D eigenvalue weighted by Gasteiger charge is -2.05. The Morgan fingerprint density at radius 2 is 2.27 bits per heavy atom. The summed E-state index contributed by atoms with van der Waals surface area (Å²) in [6.07, 6.45) is 1.54. The smallest absolute Gasteiger partial charge is 0.152 e. The monoisotopic (exact) mass is 289 g/mol. The highest BCUT2D eigenvalue weighted by atomic mass is 79.9. The number of benzene rings is 1. The molecule has 0 bridgehead atoms. The number of halogens is 3. The summed E-state index contributed by atoms with van der Waals surface area (Å²) >= 11 is 8.80. The van der Waals surface area contributed by atoms with Gasteiger partial charge in [0.25, 0.3) is 0 Å². The van der Waals surface area contributed by atoms with Crippen molar-refractivity contribution in [3.8, 4) is 5.69 Å². The zero-order chi connectivity index (χ0) is 10.8. The number of aromatic nitrogens is 3. The molecule has 1 aromatic heterocycles. The molecule has 0 aliphatic carbocycles. The fourth-order valence-electron chi connectivity index (χ4n) is 1.20. The van der Waals surface area contributed by atoms with Crippen molar-refractivity contribution in [3.63, 3.8) is 0 Å². The summed E-state index contributed by atoms with van der Waals surface area (Å²) in [5.74, 6) is 0.573. The Hall–Kier alpha value is -0.940. The van der Waals surface area contributed by atoms with Crippen LogP contribution in [-0.4, -0.2) is 14.8 Å². The average molecular weight is 291 g/mol. The van der Waals surface area contributed by atoms with Crippen molar-refractivity contribution in [2.75, 3.05) is 0 Å². The van der Waals surface area contributed by atoms with Gasteiger partial charge in [0.05, 0.1) is 10.4 Å². The summed E-state index contributed by atoms with van der Waals surface area (Å²) in [6.45, 7) is 0. The van der Waals surface area contributed by atoms with Crippen LogP contribution in [0.15, 0.2) is 29.0 Å². The quantitative estimate of drug-likeness (QED) is 0.796. The Morgan fingerprint density at radius 3 is 2.93 bits per heavy atom. The van der Waals surface area contributed by atoms with Gasteiger partial charge in [-0.3, -0.25) is 4.57 Å². The standard InChI is InChI=1S/C9H6BrClFN3/c10-7-3-6(1-2-8(7)12)15-5-13-14-9(15)4-11/h1-3,5H,4H2. The molecule has 78 valence electrons. The van der Waals surface area contributed by atoms with E-state index in [0.717, 1.165) is 5.69 Å². The minimum atomic E-state index is -0.306. The number of hydrogen-bond acceptors (Lipinski definition) is 2. The van der Waals surface area contributed by atoms with Crippen LogP contribution in [0.4, 0.5) is 4.39 Å². The molecule has 0 fully saturated rings. The molecule has 0 amide bonds. The van der Waals surface area contributed by atoms with Gasteiger partial charge >= 0.3 is 0 Å². The highest BCUT2D eigenvalue weighted by molar-refractivity contribution is 9.10. The van der Waals surface area contributed by atoms with Gasteiger partial charge < -0.3 is 0 Å². The molecule has 15 heavy (non-hydrogen) atoms. The third kappa shape index (κ3) is 2.03. The maximum absolute atomic E-state index is 13.0. The van der Waals surface area contributed by atoms with Crippen LogP contribution in [-0.2, 0) is 5.88 Å². The highest BCUT2D eigenvalue weighted by Gasteiger charge is 2.07. The molecule has 0 spiro atoms. The Bertz CT molecular complexity index is 486. The van der Waals surface area contributed by atoms with Gasteiger partial charge in [-0.2, -0.15) is 0 Å². The van der Waals surface area contributed by atoms with Crippen LogP contribution < -0.4 is 0 Å². The third-order valence-electron chi connectivity index (χ3n) is 1.92. The Labute approximate surface area is 99.0 Å². The number of nitrogens with zero attached hydrogens (tertiary/aromatic N) is 3. The lowest BCUT2D eigenvalue weighted by molar-refractivity contribution is 0.620. The maximum Gasteiger partial charge on any atom is 0.152 e. The number of rotatable bonds is 2. The second-order valence-corrected chi connectivity index (χ2v) is 3.97. The van der Waals surface area contributed by atoms with Gasteiger partial charge in [0.15, 0.2) is 5.82 Å². The first-order valence-corrected chi connectivity index (χ1v) is 5.45. The summed E-state index contributed by atoms with van der Waals surface area (Å²) < 4.78 is 15.1. The second kappa shape index (κ2) is 4.28. The molecule has 1 aromatic carbocycles. The lowest BCUT2D eigenvalue weighted by atomic mass is 10.3. The van der Waals surface area contributed by atoms with E-state index in [4.69, 9.17) is 11.6 Å². The predicted octanol–water partition coefficient (Wildman–Crippen LogP) is 2.91. The minimum absolute atomic E-state index is 0.259. The predicted molar refractivity (Wildman–Crippen MR) is 58.6 cm³/mol. The lowest BCUT2D eigenvalue weighted by Crippen LogP contribution is -1.98. The van der Waals surface area contributed by atoms with Crippen LogP contribution in [0.3, 0.4) is 0 Å². The SMILES string of the molecule is Fc1ccc(-n2cnnc2CCl)cc1Br. The Morgan fingerprint density at radius 1 is 1.47 bits per heavy atom. The molecular weight excluding hydrogens is 284 g/mol. The van der Waals surface area contributed by atoms with E-state index in [2.05, 4.69) is 26.1 Å². The molecule has 6 heteroatoms. The van der Waals surface area contributed by atoms with Crippen molar-refractivity contribution in [2.45, 2.75) is 5.88 Å². The van der Waals surface area contributed by atoms with Crippen molar-refractivity contribution in [1.82, 2.24) is 14.8 Å². The molecule has 0 atom stereocenters. The molecule has 1 heterocycles. The normalized spacial score (nSPS) is 10.6. The topological polar surface area (TPSA) is 30.7 Å². The van der Waals surface area contributed by atoms with E-state index in [1.807, 2.05) is 0 Å². The van der Waals surface area contributed by atoms with Crippen LogP contribution >= 0.6 is 27.5 Å². The number of hydrogen-bond donors (Lipinski definition) is 0. The molecule has 0 saturated heterocycles. The first kappa shape index (κ1) is 10.6. The molecule has 2 aromatic rings. The first-order chi connectivity index (χ1) is 7.22. The fraction of sp³-hybridized carbons (Fsp3) is 0.111. The molecule has 0 saturated carbocycles. The molecule has 0 aliphatic heterocycles. The molecule has 0 radical (unpaired) electrons. The van der Waals surface area contributed by atoms with Crippen LogP contribution in [0.5, 0.6) is 0 Å². The molecule has 2 rings (SSSR count).